The molecule has 0 unspecified atom stereocenters. The average molecular weight is 380 g/mol. The van der Waals surface area contributed by atoms with Crippen molar-refractivity contribution in [1.29, 1.82) is 0 Å². The molecule has 0 saturated carbocycles. The van der Waals surface area contributed by atoms with Gasteiger partial charge in [-0.3, -0.25) is 9.59 Å². The Hall–Kier alpha value is -2.62. The Morgan fingerprint density at radius 2 is 1.86 bits per heavy atom. The Kier molecular flexibility index (Phi) is 6.50. The molecule has 148 valence electrons. The zero-order valence-corrected chi connectivity index (χ0v) is 17.1. The summed E-state index contributed by atoms with van der Waals surface area (Å²) < 4.78 is 7.88. The second kappa shape index (κ2) is 9.05. The van der Waals surface area contributed by atoms with Gasteiger partial charge in [0.05, 0.1) is 0 Å². The van der Waals surface area contributed by atoms with Crippen LogP contribution < -0.4 is 4.74 Å². The van der Waals surface area contributed by atoms with Crippen LogP contribution in [0.5, 0.6) is 5.75 Å². The van der Waals surface area contributed by atoms with Crippen molar-refractivity contribution in [2.75, 3.05) is 6.61 Å². The number of ether oxygens (including phenoxy) is 1. The molecule has 1 aromatic carbocycles. The SMILES string of the molecule is CC(=O)c1ccc(OCC(=O)c2cc(C)n(CCC3=CCCCC3)c2C)cc1. The summed E-state index contributed by atoms with van der Waals surface area (Å²) in [5.41, 5.74) is 5.03. The summed E-state index contributed by atoms with van der Waals surface area (Å²) in [6.07, 6.45) is 8.46. The number of aromatic nitrogens is 1. The van der Waals surface area contributed by atoms with Crippen molar-refractivity contribution in [2.45, 2.75) is 59.4 Å². The number of hydrogen-bond donors (Lipinski definition) is 0. The summed E-state index contributed by atoms with van der Waals surface area (Å²) in [5, 5.41) is 0. The molecule has 0 atom stereocenters. The molecule has 0 radical (unpaired) electrons. The highest BCUT2D eigenvalue weighted by Gasteiger charge is 2.17. The van der Waals surface area contributed by atoms with Crippen LogP contribution in [0, 0.1) is 13.8 Å². The van der Waals surface area contributed by atoms with Crippen molar-refractivity contribution in [3.05, 3.63) is 64.5 Å². The molecular formula is C24H29NO3. The third-order valence-electron chi connectivity index (χ3n) is 5.55. The average Bonchev–Trinajstić information content (AvgIpc) is 2.99. The van der Waals surface area contributed by atoms with E-state index >= 15 is 0 Å². The molecule has 0 saturated heterocycles. The van der Waals surface area contributed by atoms with Crippen LogP contribution in [0.4, 0.5) is 0 Å². The van der Waals surface area contributed by atoms with Gasteiger partial charge >= 0.3 is 0 Å². The summed E-state index contributed by atoms with van der Waals surface area (Å²) >= 11 is 0. The molecule has 0 aliphatic heterocycles. The van der Waals surface area contributed by atoms with Gasteiger partial charge < -0.3 is 9.30 Å². The minimum Gasteiger partial charge on any atom is -0.485 e. The second-order valence-corrected chi connectivity index (χ2v) is 7.59. The van der Waals surface area contributed by atoms with Gasteiger partial charge in [0.2, 0.25) is 5.78 Å². The van der Waals surface area contributed by atoms with E-state index in [1.165, 1.54) is 32.6 Å². The molecule has 0 amide bonds. The molecule has 2 aromatic rings. The quantitative estimate of drug-likeness (QED) is 0.452. The minimum absolute atomic E-state index is 0.00510. The number of carbonyl (C=O) groups is 2. The highest BCUT2D eigenvalue weighted by molar-refractivity contribution is 5.98. The normalized spacial score (nSPS) is 13.9. The number of allylic oxidation sites excluding steroid dienone is 2. The molecule has 1 aliphatic carbocycles. The molecule has 1 aromatic heterocycles. The first-order valence-electron chi connectivity index (χ1n) is 10.1. The summed E-state index contributed by atoms with van der Waals surface area (Å²) in [5.74, 6) is 0.585. The Morgan fingerprint density at radius 1 is 1.11 bits per heavy atom. The molecule has 1 heterocycles. The van der Waals surface area contributed by atoms with Crippen molar-refractivity contribution in [2.24, 2.45) is 0 Å². The van der Waals surface area contributed by atoms with Crippen LogP contribution in [-0.4, -0.2) is 22.7 Å². The lowest BCUT2D eigenvalue weighted by molar-refractivity contribution is 0.0919. The molecule has 4 nitrogen and oxygen atoms in total. The Morgan fingerprint density at radius 3 is 2.50 bits per heavy atom. The van der Waals surface area contributed by atoms with E-state index in [-0.39, 0.29) is 18.2 Å². The molecule has 1 aliphatic rings. The number of aryl methyl sites for hydroxylation is 1. The highest BCUT2D eigenvalue weighted by atomic mass is 16.5. The number of rotatable bonds is 8. The van der Waals surface area contributed by atoms with Crippen LogP contribution in [0.25, 0.3) is 0 Å². The van der Waals surface area contributed by atoms with Gasteiger partial charge in [-0.05, 0) is 83.2 Å². The fraction of sp³-hybridized carbons (Fsp3) is 0.417. The van der Waals surface area contributed by atoms with E-state index in [0.717, 1.165) is 29.9 Å². The van der Waals surface area contributed by atoms with Crippen molar-refractivity contribution >= 4 is 11.6 Å². The summed E-state index contributed by atoms with van der Waals surface area (Å²) in [7, 11) is 0. The predicted molar refractivity (Wildman–Crippen MR) is 111 cm³/mol. The standard InChI is InChI=1S/C24H29NO3/c1-17-15-23(18(2)25(17)14-13-20-7-5-4-6-8-20)24(27)16-28-22-11-9-21(10-12-22)19(3)26/h7,9-12,15H,4-6,8,13-14,16H2,1-3H3. The summed E-state index contributed by atoms with van der Waals surface area (Å²) in [6.45, 7) is 6.51. The maximum Gasteiger partial charge on any atom is 0.202 e. The van der Waals surface area contributed by atoms with Gasteiger partial charge in [-0.2, -0.15) is 0 Å². The fourth-order valence-electron chi connectivity index (χ4n) is 3.83. The van der Waals surface area contributed by atoms with Gasteiger partial charge in [0.15, 0.2) is 12.4 Å². The van der Waals surface area contributed by atoms with Gasteiger partial charge in [0, 0.05) is 29.1 Å². The van der Waals surface area contributed by atoms with Crippen molar-refractivity contribution < 1.29 is 14.3 Å². The Bertz CT molecular complexity index is 887. The summed E-state index contributed by atoms with van der Waals surface area (Å²) in [6, 6.07) is 8.85. The zero-order chi connectivity index (χ0) is 20.1. The maximum absolute atomic E-state index is 12.7. The third kappa shape index (κ3) is 4.80. The molecule has 0 fully saturated rings. The number of ketones is 2. The number of Topliss-reactive ketones (excluding diaryl/α,β-unsaturated/α-hetero) is 2. The Balaban J connectivity index is 1.61. The topological polar surface area (TPSA) is 48.3 Å². The molecule has 0 bridgehead atoms. The van der Waals surface area contributed by atoms with E-state index in [4.69, 9.17) is 4.74 Å². The van der Waals surface area contributed by atoms with Crippen molar-refractivity contribution in [3.63, 3.8) is 0 Å². The monoisotopic (exact) mass is 379 g/mol. The zero-order valence-electron chi connectivity index (χ0n) is 17.1. The first-order valence-corrected chi connectivity index (χ1v) is 10.1. The smallest absolute Gasteiger partial charge is 0.202 e. The van der Waals surface area contributed by atoms with Crippen LogP contribution in [0.2, 0.25) is 0 Å². The van der Waals surface area contributed by atoms with Crippen molar-refractivity contribution in [1.82, 2.24) is 4.57 Å². The second-order valence-electron chi connectivity index (χ2n) is 7.59. The first-order chi connectivity index (χ1) is 13.5. The van der Waals surface area contributed by atoms with E-state index in [1.54, 1.807) is 29.8 Å². The number of carbonyl (C=O) groups excluding carboxylic acids is 2. The van der Waals surface area contributed by atoms with Crippen LogP contribution in [0.15, 0.2) is 42.0 Å². The van der Waals surface area contributed by atoms with Gasteiger partial charge in [0.1, 0.15) is 5.75 Å². The lowest BCUT2D eigenvalue weighted by Gasteiger charge is -2.15. The largest absolute Gasteiger partial charge is 0.485 e. The summed E-state index contributed by atoms with van der Waals surface area (Å²) in [4.78, 5) is 24.0. The lowest BCUT2D eigenvalue weighted by Crippen LogP contribution is -2.13. The van der Waals surface area contributed by atoms with Crippen LogP contribution >= 0.6 is 0 Å². The number of hydrogen-bond acceptors (Lipinski definition) is 3. The van der Waals surface area contributed by atoms with Crippen LogP contribution in [0.3, 0.4) is 0 Å². The van der Waals surface area contributed by atoms with Crippen molar-refractivity contribution in [3.8, 4) is 5.75 Å². The fourth-order valence-corrected chi connectivity index (χ4v) is 3.83. The minimum atomic E-state index is -0.0214. The van der Waals surface area contributed by atoms with Crippen LogP contribution in [0.1, 0.15) is 71.1 Å². The number of benzene rings is 1. The van der Waals surface area contributed by atoms with E-state index in [1.807, 2.05) is 13.0 Å². The van der Waals surface area contributed by atoms with Crippen LogP contribution in [-0.2, 0) is 6.54 Å². The van der Waals surface area contributed by atoms with Gasteiger partial charge in [-0.15, -0.1) is 0 Å². The van der Waals surface area contributed by atoms with E-state index in [2.05, 4.69) is 17.6 Å². The first kappa shape index (κ1) is 20.1. The molecule has 0 spiro atoms. The predicted octanol–water partition coefficient (Wildman–Crippen LogP) is 5.46. The van der Waals surface area contributed by atoms with Gasteiger partial charge in [0.25, 0.3) is 0 Å². The Labute approximate surface area is 167 Å². The molecule has 3 rings (SSSR count). The van der Waals surface area contributed by atoms with E-state index < -0.39 is 0 Å². The maximum atomic E-state index is 12.7. The lowest BCUT2D eigenvalue weighted by atomic mass is 9.97. The van der Waals surface area contributed by atoms with Gasteiger partial charge in [-0.1, -0.05) is 11.6 Å². The third-order valence-corrected chi connectivity index (χ3v) is 5.55. The van der Waals surface area contributed by atoms with Gasteiger partial charge in [-0.25, -0.2) is 0 Å². The molecular weight excluding hydrogens is 350 g/mol. The highest BCUT2D eigenvalue weighted by Crippen LogP contribution is 2.23. The number of nitrogens with zero attached hydrogens (tertiary/aromatic N) is 1. The molecule has 4 heteroatoms. The molecule has 0 N–H and O–H groups in total. The van der Waals surface area contributed by atoms with E-state index in [9.17, 15) is 9.59 Å². The molecule has 28 heavy (non-hydrogen) atoms. The van der Waals surface area contributed by atoms with E-state index in [0.29, 0.717) is 11.3 Å².